The number of phenols is 2. The molecule has 3 aromatic rings. The minimum Gasteiger partial charge on any atom is -0.508 e. The number of rotatable bonds is 10. The minimum atomic E-state index is -3.55. The molecule has 172 valence electrons. The number of hydrogen-bond donors (Lipinski definition) is 3. The maximum atomic E-state index is 12.4. The number of carbonyl (C=O) groups is 2. The zero-order valence-electron chi connectivity index (χ0n) is 18.1. The van der Waals surface area contributed by atoms with Crippen molar-refractivity contribution in [1.29, 1.82) is 0 Å². The summed E-state index contributed by atoms with van der Waals surface area (Å²) in [5, 5.41) is 21.2. The Labute approximate surface area is 192 Å². The molecule has 33 heavy (non-hydrogen) atoms. The lowest BCUT2D eigenvalue weighted by molar-refractivity contribution is 0.111. The van der Waals surface area contributed by atoms with Crippen molar-refractivity contribution in [2.24, 2.45) is 0 Å². The van der Waals surface area contributed by atoms with Crippen LogP contribution in [0, 0.1) is 0 Å². The van der Waals surface area contributed by atoms with E-state index in [0.717, 1.165) is 6.42 Å². The summed E-state index contributed by atoms with van der Waals surface area (Å²) in [5.41, 5.74) is 2.14. The Morgan fingerprint density at radius 1 is 0.879 bits per heavy atom. The monoisotopic (exact) mass is 467 g/mol. The predicted octanol–water partition coefficient (Wildman–Crippen LogP) is 4.44. The molecule has 0 radical (unpaired) electrons. The molecule has 3 aromatic carbocycles. The van der Waals surface area contributed by atoms with Crippen LogP contribution in [-0.4, -0.2) is 37.0 Å². The second-order valence-corrected chi connectivity index (χ2v) is 9.55. The summed E-state index contributed by atoms with van der Waals surface area (Å²) in [4.78, 5) is 22.8. The normalized spacial score (nSPS) is 11.3. The molecule has 0 fully saturated rings. The van der Waals surface area contributed by atoms with E-state index < -0.39 is 15.9 Å². The van der Waals surface area contributed by atoms with Crippen molar-refractivity contribution in [3.63, 3.8) is 0 Å². The van der Waals surface area contributed by atoms with Gasteiger partial charge in [0.05, 0.1) is 5.75 Å². The second-order valence-electron chi connectivity index (χ2n) is 7.71. The lowest BCUT2D eigenvalue weighted by atomic mass is 9.83. The first-order chi connectivity index (χ1) is 15.8. The van der Waals surface area contributed by atoms with E-state index in [0.29, 0.717) is 52.5 Å². The number of unbranched alkanes of at least 4 members (excludes halogenated alkanes) is 1. The van der Waals surface area contributed by atoms with Gasteiger partial charge in [-0.15, -0.1) is 0 Å². The van der Waals surface area contributed by atoms with E-state index in [-0.39, 0.29) is 17.3 Å². The highest BCUT2D eigenvalue weighted by atomic mass is 32.2. The standard InChI is InChI=1S/C25H25NO6S/c1-2-3-11-33(31,32)26-20-6-4-5-19(14-20)25(21-12-17(15-27)7-9-23(21)29)22-13-18(16-28)8-10-24(22)30/h4-10,12-16,25-26,29-30H,2-3,11H2,1H3. The molecule has 7 nitrogen and oxygen atoms in total. The highest BCUT2D eigenvalue weighted by molar-refractivity contribution is 7.92. The molecule has 0 saturated heterocycles. The Kier molecular flexibility index (Phi) is 7.50. The molecule has 0 aromatic heterocycles. The van der Waals surface area contributed by atoms with Crippen LogP contribution < -0.4 is 4.72 Å². The molecule has 0 aliphatic heterocycles. The zero-order valence-corrected chi connectivity index (χ0v) is 18.9. The molecule has 3 N–H and O–H groups in total. The molecule has 0 heterocycles. The number of sulfonamides is 1. The number of aromatic hydroxyl groups is 2. The number of benzene rings is 3. The van der Waals surface area contributed by atoms with Gasteiger partial charge in [0.2, 0.25) is 10.0 Å². The molecular formula is C25H25NO6S. The Bertz CT molecular complexity index is 1210. The molecule has 0 aliphatic rings. The van der Waals surface area contributed by atoms with E-state index in [9.17, 15) is 28.2 Å². The van der Waals surface area contributed by atoms with Gasteiger partial charge in [-0.3, -0.25) is 14.3 Å². The van der Waals surface area contributed by atoms with E-state index >= 15 is 0 Å². The molecular weight excluding hydrogens is 442 g/mol. The van der Waals surface area contributed by atoms with Crippen molar-refractivity contribution in [3.8, 4) is 11.5 Å². The van der Waals surface area contributed by atoms with Crippen molar-refractivity contribution in [3.05, 3.63) is 88.5 Å². The summed E-state index contributed by atoms with van der Waals surface area (Å²) < 4.78 is 27.3. The zero-order chi connectivity index (χ0) is 24.0. The maximum Gasteiger partial charge on any atom is 0.232 e. The number of hydrogen-bond acceptors (Lipinski definition) is 6. The van der Waals surface area contributed by atoms with Crippen LogP contribution in [0.15, 0.2) is 60.7 Å². The van der Waals surface area contributed by atoms with E-state index in [1.807, 2.05) is 6.92 Å². The number of phenolic OH excluding ortho intramolecular Hbond substituents is 2. The first-order valence-corrected chi connectivity index (χ1v) is 12.1. The van der Waals surface area contributed by atoms with Crippen LogP contribution in [0.25, 0.3) is 0 Å². The van der Waals surface area contributed by atoms with Crippen LogP contribution in [0.1, 0.15) is 63.1 Å². The number of carbonyl (C=O) groups excluding carboxylic acids is 2. The second kappa shape index (κ2) is 10.3. The Morgan fingerprint density at radius 3 is 1.97 bits per heavy atom. The van der Waals surface area contributed by atoms with Gasteiger partial charge in [0.1, 0.15) is 24.1 Å². The Balaban J connectivity index is 2.18. The van der Waals surface area contributed by atoms with Crippen LogP contribution in [-0.2, 0) is 10.0 Å². The van der Waals surface area contributed by atoms with Crippen LogP contribution in [0.3, 0.4) is 0 Å². The fraction of sp³-hybridized carbons (Fsp3) is 0.200. The van der Waals surface area contributed by atoms with Gasteiger partial charge in [0.25, 0.3) is 0 Å². The van der Waals surface area contributed by atoms with Gasteiger partial charge in [0.15, 0.2) is 0 Å². The van der Waals surface area contributed by atoms with Gasteiger partial charge >= 0.3 is 0 Å². The third kappa shape index (κ3) is 5.78. The summed E-state index contributed by atoms with van der Waals surface area (Å²) in [6, 6.07) is 15.3. The van der Waals surface area contributed by atoms with Crippen LogP contribution in [0.5, 0.6) is 11.5 Å². The highest BCUT2D eigenvalue weighted by Gasteiger charge is 2.24. The fourth-order valence-corrected chi connectivity index (χ4v) is 4.89. The predicted molar refractivity (Wildman–Crippen MR) is 127 cm³/mol. The molecule has 0 saturated carbocycles. The summed E-state index contributed by atoms with van der Waals surface area (Å²) in [7, 11) is -3.55. The van der Waals surface area contributed by atoms with Crippen LogP contribution >= 0.6 is 0 Å². The topological polar surface area (TPSA) is 121 Å². The Morgan fingerprint density at radius 2 is 1.45 bits per heavy atom. The largest absolute Gasteiger partial charge is 0.508 e. The van der Waals surface area contributed by atoms with Crippen molar-refractivity contribution in [2.45, 2.75) is 25.7 Å². The minimum absolute atomic E-state index is 0.0124. The van der Waals surface area contributed by atoms with Crippen LogP contribution in [0.4, 0.5) is 5.69 Å². The molecule has 0 unspecified atom stereocenters. The number of nitrogens with one attached hydrogen (secondary N) is 1. The molecule has 0 atom stereocenters. The van der Waals surface area contributed by atoms with Crippen LogP contribution in [0.2, 0.25) is 0 Å². The fourth-order valence-electron chi connectivity index (χ4n) is 3.63. The molecule has 3 rings (SSSR count). The number of anilines is 1. The smallest absolute Gasteiger partial charge is 0.232 e. The van der Waals surface area contributed by atoms with Crippen molar-refractivity contribution < 1.29 is 28.2 Å². The molecule has 0 bridgehead atoms. The maximum absolute atomic E-state index is 12.4. The third-order valence-electron chi connectivity index (χ3n) is 5.26. The molecule has 0 aliphatic carbocycles. The summed E-state index contributed by atoms with van der Waals surface area (Å²) in [6.07, 6.45) is 2.54. The van der Waals surface area contributed by atoms with E-state index in [1.54, 1.807) is 24.3 Å². The van der Waals surface area contributed by atoms with Gasteiger partial charge in [0, 0.05) is 33.9 Å². The quantitative estimate of drug-likeness (QED) is 0.299. The summed E-state index contributed by atoms with van der Waals surface area (Å²) in [5.74, 6) is -1.03. The van der Waals surface area contributed by atoms with E-state index in [4.69, 9.17) is 0 Å². The number of aldehydes is 2. The average molecular weight is 468 g/mol. The first-order valence-electron chi connectivity index (χ1n) is 10.4. The Hall–Kier alpha value is -3.65. The van der Waals surface area contributed by atoms with Gasteiger partial charge in [-0.25, -0.2) is 8.42 Å². The van der Waals surface area contributed by atoms with E-state index in [2.05, 4.69) is 4.72 Å². The van der Waals surface area contributed by atoms with E-state index in [1.165, 1.54) is 36.4 Å². The lowest BCUT2D eigenvalue weighted by Gasteiger charge is -2.22. The first kappa shape index (κ1) is 24.0. The summed E-state index contributed by atoms with van der Waals surface area (Å²) in [6.45, 7) is 1.90. The molecule has 0 amide bonds. The third-order valence-corrected chi connectivity index (χ3v) is 6.63. The SMILES string of the molecule is CCCCS(=O)(=O)Nc1cccc(C(c2cc(C=O)ccc2O)c2cc(C=O)ccc2O)c1. The van der Waals surface area contributed by atoms with Gasteiger partial charge < -0.3 is 10.2 Å². The highest BCUT2D eigenvalue weighted by Crippen LogP contribution is 2.41. The summed E-state index contributed by atoms with van der Waals surface area (Å²) >= 11 is 0. The van der Waals surface area contributed by atoms with Crippen molar-refractivity contribution in [2.75, 3.05) is 10.5 Å². The average Bonchev–Trinajstić information content (AvgIpc) is 2.80. The van der Waals surface area contributed by atoms with Crippen molar-refractivity contribution >= 4 is 28.3 Å². The molecule has 8 heteroatoms. The van der Waals surface area contributed by atoms with Gasteiger partial charge in [-0.2, -0.15) is 0 Å². The van der Waals surface area contributed by atoms with Gasteiger partial charge in [-0.1, -0.05) is 25.5 Å². The van der Waals surface area contributed by atoms with Crippen molar-refractivity contribution in [1.82, 2.24) is 0 Å². The molecule has 0 spiro atoms. The lowest BCUT2D eigenvalue weighted by Crippen LogP contribution is -2.17. The van der Waals surface area contributed by atoms with Gasteiger partial charge in [-0.05, 0) is 60.5 Å².